The molecule has 1 aromatic heterocycles. The molecule has 1 aliphatic rings. The Morgan fingerprint density at radius 1 is 1.44 bits per heavy atom. The molecule has 0 radical (unpaired) electrons. The van der Waals surface area contributed by atoms with Gasteiger partial charge in [0.05, 0.1) is 6.61 Å². The summed E-state index contributed by atoms with van der Waals surface area (Å²) in [7, 11) is 0. The maximum absolute atomic E-state index is 5.01. The summed E-state index contributed by atoms with van der Waals surface area (Å²) in [6, 6.07) is 0. The molecule has 0 amide bonds. The lowest BCUT2D eigenvalue weighted by Gasteiger charge is -1.88. The van der Waals surface area contributed by atoms with Crippen LogP contribution in [0.25, 0.3) is 0 Å². The Bertz CT molecular complexity index is 195. The van der Waals surface area contributed by atoms with E-state index >= 15 is 0 Å². The number of hydrogen-bond donors (Lipinski definition) is 0. The lowest BCUT2D eigenvalue weighted by atomic mass is 10.3. The number of rotatable bonds is 1. The molecular formula is C6H6N2O. The van der Waals surface area contributed by atoms with Crippen LogP contribution < -0.4 is 0 Å². The van der Waals surface area contributed by atoms with Crippen LogP contribution in [0, 0.1) is 0 Å². The van der Waals surface area contributed by atoms with E-state index in [-0.39, 0.29) is 6.10 Å². The Morgan fingerprint density at radius 2 is 2.11 bits per heavy atom. The summed E-state index contributed by atoms with van der Waals surface area (Å²) in [5.74, 6) is 0. The third-order valence-electron chi connectivity index (χ3n) is 1.29. The molecule has 2 heterocycles. The quantitative estimate of drug-likeness (QED) is 0.510. The molecule has 1 atom stereocenters. The van der Waals surface area contributed by atoms with Gasteiger partial charge in [0.25, 0.3) is 0 Å². The van der Waals surface area contributed by atoms with E-state index in [2.05, 4.69) is 9.97 Å². The second kappa shape index (κ2) is 1.77. The summed E-state index contributed by atoms with van der Waals surface area (Å²) in [4.78, 5) is 7.71. The van der Waals surface area contributed by atoms with Crippen molar-refractivity contribution in [3.8, 4) is 0 Å². The average molecular weight is 122 g/mol. The normalized spacial score (nSPS) is 23.8. The Balaban J connectivity index is 2.29. The smallest absolute Gasteiger partial charge is 0.115 e. The molecule has 1 aliphatic heterocycles. The van der Waals surface area contributed by atoms with Gasteiger partial charge >= 0.3 is 0 Å². The third kappa shape index (κ3) is 0.907. The number of aromatic nitrogens is 2. The highest BCUT2D eigenvalue weighted by atomic mass is 16.6. The zero-order valence-electron chi connectivity index (χ0n) is 4.82. The van der Waals surface area contributed by atoms with Crippen molar-refractivity contribution in [1.29, 1.82) is 0 Å². The van der Waals surface area contributed by atoms with Gasteiger partial charge in [-0.15, -0.1) is 0 Å². The largest absolute Gasteiger partial charge is 0.368 e. The minimum Gasteiger partial charge on any atom is -0.368 e. The van der Waals surface area contributed by atoms with Crippen LogP contribution in [0.3, 0.4) is 0 Å². The summed E-state index contributed by atoms with van der Waals surface area (Å²) in [6.45, 7) is 0.827. The van der Waals surface area contributed by atoms with Crippen LogP contribution in [0.2, 0.25) is 0 Å². The van der Waals surface area contributed by atoms with Gasteiger partial charge < -0.3 is 4.74 Å². The van der Waals surface area contributed by atoms with E-state index in [9.17, 15) is 0 Å². The van der Waals surface area contributed by atoms with Gasteiger partial charge in [0, 0.05) is 18.0 Å². The van der Waals surface area contributed by atoms with E-state index < -0.39 is 0 Å². The maximum Gasteiger partial charge on any atom is 0.115 e. The van der Waals surface area contributed by atoms with Crippen molar-refractivity contribution in [2.24, 2.45) is 0 Å². The number of nitrogens with zero attached hydrogens (tertiary/aromatic N) is 2. The fourth-order valence-corrected chi connectivity index (χ4v) is 0.717. The lowest BCUT2D eigenvalue weighted by molar-refractivity contribution is 0.414. The van der Waals surface area contributed by atoms with Gasteiger partial charge in [0.15, 0.2) is 0 Å². The highest BCUT2D eigenvalue weighted by Gasteiger charge is 2.24. The van der Waals surface area contributed by atoms with Gasteiger partial charge in [-0.3, -0.25) is 0 Å². The highest BCUT2D eigenvalue weighted by molar-refractivity contribution is 5.10. The summed E-state index contributed by atoms with van der Waals surface area (Å²) < 4.78 is 5.01. The van der Waals surface area contributed by atoms with Crippen molar-refractivity contribution in [3.63, 3.8) is 0 Å². The van der Waals surface area contributed by atoms with Crippen LogP contribution in [0.15, 0.2) is 18.7 Å². The fraction of sp³-hybridized carbons (Fsp3) is 0.333. The van der Waals surface area contributed by atoms with Gasteiger partial charge in [-0.05, 0) is 0 Å². The van der Waals surface area contributed by atoms with E-state index in [1.165, 1.54) is 6.33 Å². The first kappa shape index (κ1) is 4.88. The molecule has 3 nitrogen and oxygen atoms in total. The van der Waals surface area contributed by atoms with Crippen molar-refractivity contribution >= 4 is 0 Å². The van der Waals surface area contributed by atoms with Crippen molar-refractivity contribution in [1.82, 2.24) is 9.97 Å². The molecule has 0 saturated carbocycles. The number of hydrogen-bond acceptors (Lipinski definition) is 3. The molecule has 1 fully saturated rings. The molecule has 1 saturated heterocycles. The standard InChI is InChI=1S/C6H6N2O/c1-5(6-3-9-6)2-8-4-7-1/h1-2,4,6H,3H2/t6-/m1/s1. The lowest BCUT2D eigenvalue weighted by Crippen LogP contribution is -1.82. The summed E-state index contributed by atoms with van der Waals surface area (Å²) >= 11 is 0. The van der Waals surface area contributed by atoms with Gasteiger partial charge in [-0.1, -0.05) is 0 Å². The summed E-state index contributed by atoms with van der Waals surface area (Å²) in [5, 5.41) is 0. The molecule has 0 N–H and O–H groups in total. The monoisotopic (exact) mass is 122 g/mol. The summed E-state index contributed by atoms with van der Waals surface area (Å²) in [6.07, 6.45) is 5.37. The predicted octanol–water partition coefficient (Wildman–Crippen LogP) is 0.548. The van der Waals surface area contributed by atoms with Crippen LogP contribution >= 0.6 is 0 Å². The first-order valence-corrected chi connectivity index (χ1v) is 2.83. The van der Waals surface area contributed by atoms with Gasteiger partial charge in [0.2, 0.25) is 0 Å². The van der Waals surface area contributed by atoms with Crippen molar-refractivity contribution in [2.75, 3.05) is 6.61 Å². The zero-order valence-corrected chi connectivity index (χ0v) is 4.82. The molecule has 0 aliphatic carbocycles. The van der Waals surface area contributed by atoms with Crippen LogP contribution in [0.5, 0.6) is 0 Å². The maximum atomic E-state index is 5.01. The fourth-order valence-electron chi connectivity index (χ4n) is 0.717. The molecule has 0 spiro atoms. The van der Waals surface area contributed by atoms with E-state index in [4.69, 9.17) is 4.74 Å². The van der Waals surface area contributed by atoms with E-state index in [1.807, 2.05) is 0 Å². The molecule has 0 bridgehead atoms. The minimum absolute atomic E-state index is 0.284. The van der Waals surface area contributed by atoms with Crippen LogP contribution in [-0.2, 0) is 4.74 Å². The van der Waals surface area contributed by atoms with E-state index in [1.54, 1.807) is 12.4 Å². The second-order valence-corrected chi connectivity index (χ2v) is 1.99. The first-order chi connectivity index (χ1) is 4.47. The number of epoxide rings is 1. The Morgan fingerprint density at radius 3 is 2.67 bits per heavy atom. The van der Waals surface area contributed by atoms with Gasteiger partial charge in [0.1, 0.15) is 12.4 Å². The minimum atomic E-state index is 0.284. The van der Waals surface area contributed by atoms with Crippen LogP contribution in [0.4, 0.5) is 0 Å². The molecular weight excluding hydrogens is 116 g/mol. The van der Waals surface area contributed by atoms with Crippen molar-refractivity contribution in [2.45, 2.75) is 6.10 Å². The Kier molecular flexibility index (Phi) is 0.960. The van der Waals surface area contributed by atoms with E-state index in [0.29, 0.717) is 0 Å². The molecule has 1 aromatic rings. The Hall–Kier alpha value is -0.960. The SMILES string of the molecule is c1ncc([C@H]2CO2)cn1. The van der Waals surface area contributed by atoms with Gasteiger partial charge in [-0.25, -0.2) is 9.97 Å². The van der Waals surface area contributed by atoms with Crippen LogP contribution in [0.1, 0.15) is 11.7 Å². The molecule has 9 heavy (non-hydrogen) atoms. The molecule has 3 heteroatoms. The number of ether oxygens (including phenoxy) is 1. The topological polar surface area (TPSA) is 38.3 Å². The Labute approximate surface area is 52.7 Å². The van der Waals surface area contributed by atoms with Gasteiger partial charge in [-0.2, -0.15) is 0 Å². The van der Waals surface area contributed by atoms with Crippen molar-refractivity contribution < 1.29 is 4.74 Å². The molecule has 0 unspecified atom stereocenters. The predicted molar refractivity (Wildman–Crippen MR) is 30.7 cm³/mol. The first-order valence-electron chi connectivity index (χ1n) is 2.83. The van der Waals surface area contributed by atoms with Crippen LogP contribution in [-0.4, -0.2) is 16.6 Å². The molecule has 0 aromatic carbocycles. The van der Waals surface area contributed by atoms with Crippen molar-refractivity contribution in [3.05, 3.63) is 24.3 Å². The molecule has 46 valence electrons. The second-order valence-electron chi connectivity index (χ2n) is 1.99. The molecule has 2 rings (SSSR count). The average Bonchev–Trinajstić information content (AvgIpc) is 2.71. The highest BCUT2D eigenvalue weighted by Crippen LogP contribution is 2.27. The summed E-state index contributed by atoms with van der Waals surface area (Å²) in [5.41, 5.74) is 1.08. The zero-order chi connectivity index (χ0) is 6.10. The third-order valence-corrected chi connectivity index (χ3v) is 1.29. The van der Waals surface area contributed by atoms with E-state index in [0.717, 1.165) is 12.2 Å².